The van der Waals surface area contributed by atoms with Crippen LogP contribution in [0.1, 0.15) is 48.1 Å². The van der Waals surface area contributed by atoms with Crippen molar-refractivity contribution >= 4 is 10.0 Å². The minimum absolute atomic E-state index is 0.272. The molecule has 9 heteroatoms. The van der Waals surface area contributed by atoms with Crippen molar-refractivity contribution in [3.63, 3.8) is 0 Å². The third-order valence-electron chi connectivity index (χ3n) is 5.36. The largest absolute Gasteiger partial charge is 0.312 e. The minimum atomic E-state index is -3.63. The maximum Gasteiger partial charge on any atom is 0.247 e. The van der Waals surface area contributed by atoms with E-state index in [0.29, 0.717) is 18.1 Å². The minimum Gasteiger partial charge on any atom is -0.312 e. The number of sulfonamides is 1. The van der Waals surface area contributed by atoms with Crippen molar-refractivity contribution in [3.8, 4) is 0 Å². The molecule has 0 saturated carbocycles. The van der Waals surface area contributed by atoms with Gasteiger partial charge < -0.3 is 5.32 Å². The molecule has 140 valence electrons. The topological polar surface area (TPSA) is 93.0 Å². The number of fused-ring (bicyclic) bond motifs is 1. The van der Waals surface area contributed by atoms with Gasteiger partial charge in [-0.05, 0) is 19.8 Å². The van der Waals surface area contributed by atoms with E-state index in [4.69, 9.17) is 4.98 Å². The summed E-state index contributed by atoms with van der Waals surface area (Å²) in [6.45, 7) is 3.94. The molecule has 0 aliphatic carbocycles. The predicted molar refractivity (Wildman–Crippen MR) is 95.9 cm³/mol. The van der Waals surface area contributed by atoms with Crippen molar-refractivity contribution in [1.29, 1.82) is 0 Å². The molecule has 2 aromatic heterocycles. The van der Waals surface area contributed by atoms with Gasteiger partial charge in [0.1, 0.15) is 10.7 Å². The highest BCUT2D eigenvalue weighted by atomic mass is 32.2. The first-order valence-electron chi connectivity index (χ1n) is 9.04. The summed E-state index contributed by atoms with van der Waals surface area (Å²) in [7, 11) is -1.88. The van der Waals surface area contributed by atoms with E-state index in [2.05, 4.69) is 15.4 Å². The van der Waals surface area contributed by atoms with Gasteiger partial charge in [0.25, 0.3) is 0 Å². The fourth-order valence-electron chi connectivity index (χ4n) is 3.72. The van der Waals surface area contributed by atoms with Crippen molar-refractivity contribution in [1.82, 2.24) is 29.4 Å². The standard InChI is InChI=1S/C17H24N6O2S/c1-12-16(11-20-22(12)2)26(24,25)23-8-4-3-5-15(23)17-19-10-13-9-18-7-6-14(13)21-17/h10-11,15,18H,3-9H2,1-2H3/t15-/m0/s1. The molecule has 0 radical (unpaired) electrons. The average molecular weight is 376 g/mol. The van der Waals surface area contributed by atoms with Crippen LogP contribution in [0.25, 0.3) is 0 Å². The fraction of sp³-hybridized carbons (Fsp3) is 0.588. The number of rotatable bonds is 3. The van der Waals surface area contributed by atoms with Crippen molar-refractivity contribution in [2.75, 3.05) is 13.1 Å². The van der Waals surface area contributed by atoms with E-state index in [1.54, 1.807) is 23.0 Å². The second-order valence-corrected chi connectivity index (χ2v) is 8.83. The highest BCUT2D eigenvalue weighted by Gasteiger charge is 2.37. The van der Waals surface area contributed by atoms with Crippen molar-refractivity contribution < 1.29 is 8.42 Å². The lowest BCUT2D eigenvalue weighted by atomic mass is 10.0. The quantitative estimate of drug-likeness (QED) is 0.862. The summed E-state index contributed by atoms with van der Waals surface area (Å²) in [5.74, 6) is 0.621. The number of nitrogens with zero attached hydrogens (tertiary/aromatic N) is 5. The summed E-state index contributed by atoms with van der Waals surface area (Å²) in [5, 5.41) is 7.41. The summed E-state index contributed by atoms with van der Waals surface area (Å²) in [5.41, 5.74) is 2.79. The Labute approximate surface area is 153 Å². The highest BCUT2D eigenvalue weighted by Crippen LogP contribution is 2.35. The molecule has 8 nitrogen and oxygen atoms in total. The number of hydrogen-bond donors (Lipinski definition) is 1. The van der Waals surface area contributed by atoms with Crippen LogP contribution in [0.15, 0.2) is 17.3 Å². The van der Waals surface area contributed by atoms with Gasteiger partial charge in [0.2, 0.25) is 10.0 Å². The third kappa shape index (κ3) is 2.93. The first-order chi connectivity index (χ1) is 12.5. The van der Waals surface area contributed by atoms with Gasteiger partial charge in [-0.2, -0.15) is 9.40 Å². The molecule has 1 atom stereocenters. The predicted octanol–water partition coefficient (Wildman–Crippen LogP) is 1.08. The van der Waals surface area contributed by atoms with Crippen LogP contribution in [-0.4, -0.2) is 45.6 Å². The number of hydrogen-bond acceptors (Lipinski definition) is 6. The van der Waals surface area contributed by atoms with Gasteiger partial charge in [-0.1, -0.05) is 6.42 Å². The van der Waals surface area contributed by atoms with Crippen LogP contribution < -0.4 is 5.32 Å². The summed E-state index contributed by atoms with van der Waals surface area (Å²) in [4.78, 5) is 9.54. The third-order valence-corrected chi connectivity index (χ3v) is 7.37. The summed E-state index contributed by atoms with van der Waals surface area (Å²) in [6, 6.07) is -0.312. The molecule has 0 spiro atoms. The Balaban J connectivity index is 1.72. The molecule has 0 unspecified atom stereocenters. The van der Waals surface area contributed by atoms with Crippen LogP contribution in [0.2, 0.25) is 0 Å². The normalized spacial score (nSPS) is 21.5. The molecule has 26 heavy (non-hydrogen) atoms. The van der Waals surface area contributed by atoms with Gasteiger partial charge >= 0.3 is 0 Å². The molecule has 2 aromatic rings. The Morgan fingerprint density at radius 3 is 2.88 bits per heavy atom. The Hall–Kier alpha value is -1.84. The van der Waals surface area contributed by atoms with Gasteiger partial charge in [0, 0.05) is 50.6 Å². The number of aromatic nitrogens is 4. The first-order valence-corrected chi connectivity index (χ1v) is 10.5. The molecule has 4 heterocycles. The lowest BCUT2D eigenvalue weighted by Gasteiger charge is -2.34. The maximum atomic E-state index is 13.3. The molecular formula is C17H24N6O2S. The lowest BCUT2D eigenvalue weighted by Crippen LogP contribution is -2.39. The molecule has 0 amide bonds. The van der Waals surface area contributed by atoms with E-state index in [1.165, 1.54) is 6.20 Å². The van der Waals surface area contributed by atoms with Crippen LogP contribution in [0, 0.1) is 6.92 Å². The van der Waals surface area contributed by atoms with Gasteiger partial charge in [-0.25, -0.2) is 18.4 Å². The van der Waals surface area contributed by atoms with E-state index in [-0.39, 0.29) is 10.9 Å². The molecule has 1 N–H and O–H groups in total. The first kappa shape index (κ1) is 17.6. The van der Waals surface area contributed by atoms with E-state index in [0.717, 1.165) is 50.0 Å². The smallest absolute Gasteiger partial charge is 0.247 e. The summed E-state index contributed by atoms with van der Waals surface area (Å²) in [6.07, 6.45) is 6.71. The Morgan fingerprint density at radius 1 is 1.27 bits per heavy atom. The van der Waals surface area contributed by atoms with Gasteiger partial charge in [-0.3, -0.25) is 4.68 Å². The van der Waals surface area contributed by atoms with Gasteiger partial charge in [0.15, 0.2) is 0 Å². The number of aryl methyl sites for hydroxylation is 1. The monoisotopic (exact) mass is 376 g/mol. The van der Waals surface area contributed by atoms with Crippen LogP contribution in [0.5, 0.6) is 0 Å². The van der Waals surface area contributed by atoms with Crippen LogP contribution in [0.4, 0.5) is 0 Å². The van der Waals surface area contributed by atoms with Crippen LogP contribution in [0.3, 0.4) is 0 Å². The van der Waals surface area contributed by atoms with Crippen molar-refractivity contribution in [2.24, 2.45) is 7.05 Å². The summed E-state index contributed by atoms with van der Waals surface area (Å²) < 4.78 is 29.8. The van der Waals surface area contributed by atoms with E-state index >= 15 is 0 Å². The molecular weight excluding hydrogens is 352 g/mol. The van der Waals surface area contributed by atoms with E-state index in [1.807, 2.05) is 6.20 Å². The molecule has 0 bridgehead atoms. The van der Waals surface area contributed by atoms with E-state index in [9.17, 15) is 8.42 Å². The zero-order valence-corrected chi connectivity index (χ0v) is 16.0. The Bertz CT molecular complexity index is 923. The van der Waals surface area contributed by atoms with Gasteiger partial charge in [0.05, 0.1) is 17.9 Å². The van der Waals surface area contributed by atoms with Crippen LogP contribution >= 0.6 is 0 Å². The molecule has 2 aliphatic rings. The van der Waals surface area contributed by atoms with Crippen molar-refractivity contribution in [2.45, 2.75) is 50.1 Å². The molecule has 1 saturated heterocycles. The molecule has 0 aromatic carbocycles. The molecule has 4 rings (SSSR count). The van der Waals surface area contributed by atoms with E-state index < -0.39 is 10.0 Å². The second-order valence-electron chi connectivity index (χ2n) is 6.97. The Morgan fingerprint density at radius 2 is 2.12 bits per heavy atom. The second kappa shape index (κ2) is 6.71. The lowest BCUT2D eigenvalue weighted by molar-refractivity contribution is 0.245. The zero-order valence-electron chi connectivity index (χ0n) is 15.1. The maximum absolute atomic E-state index is 13.3. The van der Waals surface area contributed by atoms with Crippen LogP contribution in [-0.2, 0) is 30.0 Å². The van der Waals surface area contributed by atoms with Crippen molar-refractivity contribution in [3.05, 3.63) is 35.2 Å². The number of nitrogens with one attached hydrogen (secondary N) is 1. The Kier molecular flexibility index (Phi) is 4.54. The molecule has 1 fully saturated rings. The zero-order chi connectivity index (χ0) is 18.3. The number of piperidine rings is 1. The molecule has 2 aliphatic heterocycles. The highest BCUT2D eigenvalue weighted by molar-refractivity contribution is 7.89. The van der Waals surface area contributed by atoms with Gasteiger partial charge in [-0.15, -0.1) is 0 Å². The average Bonchev–Trinajstić information content (AvgIpc) is 3.01. The summed E-state index contributed by atoms with van der Waals surface area (Å²) >= 11 is 0. The SMILES string of the molecule is Cc1c(S(=O)(=O)N2CCCC[C@H]2c2ncc3c(n2)CCNC3)cnn1C. The fourth-order valence-corrected chi connectivity index (χ4v) is 5.56.